The molecule has 0 aliphatic carbocycles. The molecule has 0 fully saturated rings. The van der Waals surface area contributed by atoms with Gasteiger partial charge in [0.1, 0.15) is 0 Å². The van der Waals surface area contributed by atoms with E-state index in [4.69, 9.17) is 24.9 Å². The Kier molecular flexibility index (Phi) is 9.74. The average Bonchev–Trinajstić information content (AvgIpc) is 3.37. The molecule has 0 unspecified atom stereocenters. The van der Waals surface area contributed by atoms with E-state index in [1.54, 1.807) is 0 Å². The second-order valence-electron chi connectivity index (χ2n) is 16.6. The average molecular weight is 823 g/mol. The molecule has 0 radical (unpaired) electrons. The summed E-state index contributed by atoms with van der Waals surface area (Å²) in [7, 11) is 0. The first-order valence-electron chi connectivity index (χ1n) is 21.6. The molecule has 3 heterocycles. The van der Waals surface area contributed by atoms with Gasteiger partial charge in [0.15, 0.2) is 23.3 Å². The first-order chi connectivity index (χ1) is 31.5. The number of nitrogens with zero attached hydrogens (tertiary/aromatic N) is 6. The van der Waals surface area contributed by atoms with Gasteiger partial charge in [0, 0.05) is 44.5 Å². The predicted octanol–water partition coefficient (Wildman–Crippen LogP) is 14.4. The molecular formula is C58H42N6. The van der Waals surface area contributed by atoms with Crippen molar-refractivity contribution in [2.24, 2.45) is 0 Å². The summed E-state index contributed by atoms with van der Waals surface area (Å²) in [6, 6.07) is 75.6. The number of hydrogen-bond acceptors (Lipinski definition) is 6. The third-order valence-electron chi connectivity index (χ3n) is 12.1. The van der Waals surface area contributed by atoms with E-state index in [0.717, 1.165) is 61.6 Å². The van der Waals surface area contributed by atoms with Crippen LogP contribution < -0.4 is 4.90 Å². The summed E-state index contributed by atoms with van der Waals surface area (Å²) in [6.45, 7) is 4.62. The number of benzene rings is 8. The number of aromatic nitrogens is 5. The van der Waals surface area contributed by atoms with Gasteiger partial charge in [-0.15, -0.1) is 0 Å². The summed E-state index contributed by atoms with van der Waals surface area (Å²) in [5, 5.41) is 0. The molecule has 0 saturated heterocycles. The lowest BCUT2D eigenvalue weighted by molar-refractivity contribution is 0.632. The standard InChI is InChI=1S/C58H42N6/c1-58(2)48-28-12-14-30-52(48)64(53-31-15-13-29-49(53)58)47-34-32-42(33-35-47)56-61-55(41-22-10-5-11-23-41)62-57(63-56)46-27-17-25-44(37-46)43-24-16-26-45(36-43)51-38-50(39-18-6-3-7-19-39)59-54(60-51)40-20-8-4-9-21-40/h3-38H,1-2H3. The zero-order valence-electron chi connectivity index (χ0n) is 35.5. The maximum Gasteiger partial charge on any atom is 0.164 e. The second kappa shape index (κ2) is 16.2. The van der Waals surface area contributed by atoms with Gasteiger partial charge in [-0.05, 0) is 76.9 Å². The van der Waals surface area contributed by atoms with Gasteiger partial charge in [-0.3, -0.25) is 0 Å². The minimum Gasteiger partial charge on any atom is -0.310 e. The third kappa shape index (κ3) is 7.21. The maximum atomic E-state index is 5.16. The van der Waals surface area contributed by atoms with E-state index >= 15 is 0 Å². The monoisotopic (exact) mass is 822 g/mol. The molecule has 6 heteroatoms. The van der Waals surface area contributed by atoms with E-state index in [2.05, 4.69) is 170 Å². The van der Waals surface area contributed by atoms with E-state index in [1.165, 1.54) is 22.5 Å². The molecule has 1 aliphatic heterocycles. The summed E-state index contributed by atoms with van der Waals surface area (Å²) in [4.78, 5) is 27.8. The molecule has 0 amide bonds. The summed E-state index contributed by atoms with van der Waals surface area (Å²) in [5.74, 6) is 2.51. The first-order valence-corrected chi connectivity index (χ1v) is 21.6. The van der Waals surface area contributed by atoms with Crippen molar-refractivity contribution < 1.29 is 0 Å². The number of hydrogen-bond donors (Lipinski definition) is 0. The van der Waals surface area contributed by atoms with Crippen molar-refractivity contribution in [3.63, 3.8) is 0 Å². The number of fused-ring (bicyclic) bond motifs is 2. The molecule has 0 bridgehead atoms. The van der Waals surface area contributed by atoms with E-state index in [-0.39, 0.29) is 5.41 Å². The lowest BCUT2D eigenvalue weighted by atomic mass is 9.73. The Balaban J connectivity index is 0.966. The Labute approximate surface area is 373 Å². The smallest absolute Gasteiger partial charge is 0.164 e. The minimum absolute atomic E-state index is 0.130. The van der Waals surface area contributed by atoms with Crippen molar-refractivity contribution in [2.45, 2.75) is 19.3 Å². The highest BCUT2D eigenvalue weighted by molar-refractivity contribution is 5.86. The number of rotatable bonds is 8. The maximum absolute atomic E-state index is 5.16. The Morgan fingerprint density at radius 1 is 0.297 bits per heavy atom. The van der Waals surface area contributed by atoms with Gasteiger partial charge in [0.25, 0.3) is 0 Å². The van der Waals surface area contributed by atoms with Crippen molar-refractivity contribution in [3.05, 3.63) is 230 Å². The molecule has 8 aromatic carbocycles. The van der Waals surface area contributed by atoms with Crippen LogP contribution in [-0.4, -0.2) is 24.9 Å². The zero-order chi connectivity index (χ0) is 43.0. The Morgan fingerprint density at radius 3 is 1.22 bits per heavy atom. The topological polar surface area (TPSA) is 67.7 Å². The summed E-state index contributed by atoms with van der Waals surface area (Å²) in [6.07, 6.45) is 0. The van der Waals surface area contributed by atoms with E-state index in [9.17, 15) is 0 Å². The molecule has 6 nitrogen and oxygen atoms in total. The highest BCUT2D eigenvalue weighted by atomic mass is 15.2. The van der Waals surface area contributed by atoms with Crippen LogP contribution in [0.2, 0.25) is 0 Å². The molecule has 0 N–H and O–H groups in total. The summed E-state index contributed by atoms with van der Waals surface area (Å²) < 4.78 is 0. The molecule has 2 aromatic heterocycles. The van der Waals surface area contributed by atoms with Crippen LogP contribution in [0.5, 0.6) is 0 Å². The summed E-state index contributed by atoms with van der Waals surface area (Å²) in [5.41, 5.74) is 15.4. The van der Waals surface area contributed by atoms with Crippen LogP contribution in [0.15, 0.2) is 218 Å². The zero-order valence-corrected chi connectivity index (χ0v) is 35.5. The molecular weight excluding hydrogens is 781 g/mol. The SMILES string of the molecule is CC1(C)c2ccccc2N(c2ccc(-c3nc(-c4ccccc4)nc(-c4cccc(-c5cccc(-c6cc(-c7ccccc7)nc(-c7ccccc7)n6)c5)c4)n3)cc2)c2ccccc21. The lowest BCUT2D eigenvalue weighted by Gasteiger charge is -2.42. The van der Waals surface area contributed by atoms with Gasteiger partial charge in [-0.25, -0.2) is 24.9 Å². The fourth-order valence-corrected chi connectivity index (χ4v) is 8.82. The fraction of sp³-hybridized carbons (Fsp3) is 0.0517. The van der Waals surface area contributed by atoms with Crippen molar-refractivity contribution in [3.8, 4) is 79.2 Å². The Bertz CT molecular complexity index is 3190. The van der Waals surface area contributed by atoms with Crippen LogP contribution >= 0.6 is 0 Å². The van der Waals surface area contributed by atoms with E-state index < -0.39 is 0 Å². The van der Waals surface area contributed by atoms with Crippen molar-refractivity contribution >= 4 is 17.1 Å². The van der Waals surface area contributed by atoms with Crippen LogP contribution in [0.4, 0.5) is 17.1 Å². The molecule has 1 aliphatic rings. The van der Waals surface area contributed by atoms with Gasteiger partial charge in [-0.1, -0.05) is 178 Å². The second-order valence-corrected chi connectivity index (χ2v) is 16.6. The minimum atomic E-state index is -0.130. The van der Waals surface area contributed by atoms with Gasteiger partial charge >= 0.3 is 0 Å². The quantitative estimate of drug-likeness (QED) is 0.152. The molecule has 64 heavy (non-hydrogen) atoms. The lowest BCUT2D eigenvalue weighted by Crippen LogP contribution is -2.30. The van der Waals surface area contributed by atoms with Crippen molar-refractivity contribution in [2.75, 3.05) is 4.90 Å². The molecule has 0 spiro atoms. The number of anilines is 3. The fourth-order valence-electron chi connectivity index (χ4n) is 8.82. The van der Waals surface area contributed by atoms with Gasteiger partial charge in [0.05, 0.1) is 22.8 Å². The predicted molar refractivity (Wildman–Crippen MR) is 260 cm³/mol. The Morgan fingerprint density at radius 2 is 0.672 bits per heavy atom. The molecule has 0 atom stereocenters. The van der Waals surface area contributed by atoms with Crippen LogP contribution in [0.25, 0.3) is 79.2 Å². The molecule has 10 aromatic rings. The van der Waals surface area contributed by atoms with E-state index in [0.29, 0.717) is 23.3 Å². The van der Waals surface area contributed by atoms with E-state index in [1.807, 2.05) is 66.7 Å². The van der Waals surface area contributed by atoms with Gasteiger partial charge in [0.2, 0.25) is 0 Å². The molecule has 304 valence electrons. The molecule has 11 rings (SSSR count). The van der Waals surface area contributed by atoms with Crippen LogP contribution in [0.3, 0.4) is 0 Å². The number of para-hydroxylation sites is 2. The highest BCUT2D eigenvalue weighted by Gasteiger charge is 2.36. The largest absolute Gasteiger partial charge is 0.310 e. The highest BCUT2D eigenvalue weighted by Crippen LogP contribution is 2.51. The third-order valence-corrected chi connectivity index (χ3v) is 12.1. The van der Waals surface area contributed by atoms with Crippen molar-refractivity contribution in [1.82, 2.24) is 24.9 Å². The Hall–Kier alpha value is -8.35. The van der Waals surface area contributed by atoms with Crippen molar-refractivity contribution in [1.29, 1.82) is 0 Å². The normalized spacial score (nSPS) is 12.6. The molecule has 0 saturated carbocycles. The summed E-state index contributed by atoms with van der Waals surface area (Å²) >= 11 is 0. The van der Waals surface area contributed by atoms with Gasteiger partial charge in [-0.2, -0.15) is 0 Å². The first kappa shape index (κ1) is 38.6. The van der Waals surface area contributed by atoms with Crippen LogP contribution in [0.1, 0.15) is 25.0 Å². The van der Waals surface area contributed by atoms with Crippen LogP contribution in [-0.2, 0) is 5.41 Å². The van der Waals surface area contributed by atoms with Crippen LogP contribution in [0, 0.1) is 0 Å². The van der Waals surface area contributed by atoms with Gasteiger partial charge < -0.3 is 4.90 Å².